The first kappa shape index (κ1) is 22.1. The topological polar surface area (TPSA) is 45.5 Å². The number of halogens is 2. The van der Waals surface area contributed by atoms with Gasteiger partial charge in [0.05, 0.1) is 5.75 Å². The molecule has 3 aromatic rings. The first-order valence-electron chi connectivity index (χ1n) is 9.51. The molecule has 1 amide bonds. The van der Waals surface area contributed by atoms with Crippen molar-refractivity contribution >= 4 is 17.7 Å². The molecule has 0 bridgehead atoms. The van der Waals surface area contributed by atoms with Crippen molar-refractivity contribution in [1.29, 1.82) is 0 Å². The molecule has 0 saturated carbocycles. The molecule has 1 aromatic heterocycles. The minimum absolute atomic E-state index is 0.0254. The first-order valence-corrected chi connectivity index (χ1v) is 10.6. The lowest BCUT2D eigenvalue weighted by Crippen LogP contribution is -2.22. The number of benzene rings is 2. The molecule has 0 aliphatic heterocycles. The van der Waals surface area contributed by atoms with Crippen LogP contribution in [0.1, 0.15) is 27.4 Å². The van der Waals surface area contributed by atoms with E-state index in [-0.39, 0.29) is 17.4 Å². The minimum Gasteiger partial charge on any atom is -0.455 e. The lowest BCUT2D eigenvalue weighted by atomic mass is 9.98. The Balaban J connectivity index is 1.66. The van der Waals surface area contributed by atoms with Crippen molar-refractivity contribution in [2.75, 3.05) is 14.1 Å². The Kier molecular flexibility index (Phi) is 7.65. The summed E-state index contributed by atoms with van der Waals surface area (Å²) in [5, 5.41) is 2.85. The molecule has 3 rings (SSSR count). The quantitative estimate of drug-likeness (QED) is 0.494. The molecule has 4 nitrogen and oxygen atoms in total. The molecular formula is C23H24F2N2O2S. The van der Waals surface area contributed by atoms with Crippen LogP contribution in [0, 0.1) is 0 Å². The predicted molar refractivity (Wildman–Crippen MR) is 116 cm³/mol. The summed E-state index contributed by atoms with van der Waals surface area (Å²) in [4.78, 5) is 14.5. The lowest BCUT2D eigenvalue weighted by Gasteiger charge is -2.13. The van der Waals surface area contributed by atoms with E-state index in [1.165, 1.54) is 11.6 Å². The van der Waals surface area contributed by atoms with Crippen LogP contribution < -0.4 is 5.32 Å². The summed E-state index contributed by atoms with van der Waals surface area (Å²) in [5.74, 6) is -2.35. The number of thioether (sulfide) groups is 1. The number of furan rings is 1. The van der Waals surface area contributed by atoms with Crippen molar-refractivity contribution in [3.8, 4) is 11.1 Å². The molecule has 0 unspecified atom stereocenters. The summed E-state index contributed by atoms with van der Waals surface area (Å²) in [6.07, 6.45) is 0. The highest BCUT2D eigenvalue weighted by atomic mass is 32.2. The van der Waals surface area contributed by atoms with Gasteiger partial charge in [-0.1, -0.05) is 60.3 Å². The molecule has 1 N–H and O–H groups in total. The SMILES string of the molecule is CN(C)Cc1ccc(-c2ccccc2CNC(=O)c2ccc(CSC(F)F)o2)cc1. The highest BCUT2D eigenvalue weighted by molar-refractivity contribution is 7.98. The second-order valence-electron chi connectivity index (χ2n) is 7.11. The van der Waals surface area contributed by atoms with Crippen molar-refractivity contribution in [2.24, 2.45) is 0 Å². The van der Waals surface area contributed by atoms with Crippen LogP contribution in [0.15, 0.2) is 65.1 Å². The van der Waals surface area contributed by atoms with Gasteiger partial charge in [0.2, 0.25) is 0 Å². The van der Waals surface area contributed by atoms with Gasteiger partial charge in [-0.05, 0) is 48.5 Å². The number of nitrogens with one attached hydrogen (secondary N) is 1. The highest BCUT2D eigenvalue weighted by Gasteiger charge is 2.14. The number of carbonyl (C=O) groups excluding carboxylic acids is 1. The maximum Gasteiger partial charge on any atom is 0.287 e. The molecule has 30 heavy (non-hydrogen) atoms. The second kappa shape index (κ2) is 10.4. The summed E-state index contributed by atoms with van der Waals surface area (Å²) in [6.45, 7) is 1.20. The van der Waals surface area contributed by atoms with Crippen LogP contribution in [0.3, 0.4) is 0 Å². The van der Waals surface area contributed by atoms with Crippen LogP contribution in [0.5, 0.6) is 0 Å². The zero-order valence-electron chi connectivity index (χ0n) is 16.9. The summed E-state index contributed by atoms with van der Waals surface area (Å²) >= 11 is 0.462. The van der Waals surface area contributed by atoms with E-state index in [0.29, 0.717) is 24.1 Å². The number of hydrogen-bond donors (Lipinski definition) is 1. The number of amides is 1. The van der Waals surface area contributed by atoms with E-state index in [4.69, 9.17) is 4.42 Å². The van der Waals surface area contributed by atoms with E-state index in [2.05, 4.69) is 34.5 Å². The largest absolute Gasteiger partial charge is 0.455 e. The van der Waals surface area contributed by atoms with Crippen LogP contribution in [0.2, 0.25) is 0 Å². The molecule has 0 aliphatic carbocycles. The van der Waals surface area contributed by atoms with E-state index in [1.807, 2.05) is 38.4 Å². The van der Waals surface area contributed by atoms with Gasteiger partial charge in [-0.2, -0.15) is 8.78 Å². The lowest BCUT2D eigenvalue weighted by molar-refractivity contribution is 0.0922. The van der Waals surface area contributed by atoms with Gasteiger partial charge in [-0.25, -0.2) is 0 Å². The number of carbonyl (C=O) groups is 1. The van der Waals surface area contributed by atoms with Crippen molar-refractivity contribution in [3.63, 3.8) is 0 Å². The maximum atomic E-state index is 12.4. The Morgan fingerprint density at radius 3 is 2.50 bits per heavy atom. The standard InChI is InChI=1S/C23H24F2N2O2S/c1-27(2)14-16-7-9-17(10-8-16)20-6-4-3-5-18(20)13-26-22(28)21-12-11-19(29-21)15-30-23(24)25/h3-12,23H,13-15H2,1-2H3,(H,26,28). The van der Waals surface area contributed by atoms with Gasteiger partial charge in [-0.3, -0.25) is 4.79 Å². The molecule has 2 aromatic carbocycles. The van der Waals surface area contributed by atoms with E-state index >= 15 is 0 Å². The zero-order valence-corrected chi connectivity index (χ0v) is 17.7. The van der Waals surface area contributed by atoms with E-state index in [0.717, 1.165) is 23.2 Å². The fraction of sp³-hybridized carbons (Fsp3) is 0.261. The summed E-state index contributed by atoms with van der Waals surface area (Å²) in [7, 11) is 4.07. The normalized spacial score (nSPS) is 11.3. The fourth-order valence-corrected chi connectivity index (χ4v) is 3.54. The molecule has 0 aliphatic rings. The number of hydrogen-bond acceptors (Lipinski definition) is 4. The number of alkyl halides is 2. The zero-order chi connectivity index (χ0) is 21.5. The molecule has 7 heteroatoms. The van der Waals surface area contributed by atoms with E-state index in [9.17, 15) is 13.6 Å². The molecule has 0 spiro atoms. The maximum absolute atomic E-state index is 12.4. The van der Waals surface area contributed by atoms with E-state index in [1.54, 1.807) is 6.07 Å². The van der Waals surface area contributed by atoms with Gasteiger partial charge in [0.25, 0.3) is 11.7 Å². The molecule has 1 heterocycles. The van der Waals surface area contributed by atoms with Gasteiger partial charge >= 0.3 is 0 Å². The van der Waals surface area contributed by atoms with Crippen molar-refractivity contribution in [1.82, 2.24) is 10.2 Å². The fourth-order valence-electron chi connectivity index (χ4n) is 3.10. The molecular weight excluding hydrogens is 406 g/mol. The second-order valence-corrected chi connectivity index (χ2v) is 8.09. The summed E-state index contributed by atoms with van der Waals surface area (Å²) in [5.41, 5.74) is 4.33. The van der Waals surface area contributed by atoms with Gasteiger partial charge in [0, 0.05) is 13.1 Å². The first-order chi connectivity index (χ1) is 14.4. The molecule has 0 radical (unpaired) electrons. The van der Waals surface area contributed by atoms with Crippen LogP contribution in [0.25, 0.3) is 11.1 Å². The Morgan fingerprint density at radius 1 is 1.07 bits per heavy atom. The van der Waals surface area contributed by atoms with Gasteiger partial charge in [0.1, 0.15) is 5.76 Å². The Labute approximate surface area is 179 Å². The van der Waals surface area contributed by atoms with E-state index < -0.39 is 5.76 Å². The molecule has 0 fully saturated rings. The summed E-state index contributed by atoms with van der Waals surface area (Å²) in [6, 6.07) is 19.3. The van der Waals surface area contributed by atoms with Gasteiger partial charge in [-0.15, -0.1) is 0 Å². The monoisotopic (exact) mass is 430 g/mol. The van der Waals surface area contributed by atoms with Crippen LogP contribution in [0.4, 0.5) is 8.78 Å². The van der Waals surface area contributed by atoms with Gasteiger partial charge < -0.3 is 14.6 Å². The Hall–Kier alpha value is -2.64. The smallest absolute Gasteiger partial charge is 0.287 e. The third-order valence-electron chi connectivity index (χ3n) is 4.46. The molecule has 158 valence electrons. The average Bonchev–Trinajstić information content (AvgIpc) is 3.20. The Bertz CT molecular complexity index is 971. The van der Waals surface area contributed by atoms with Crippen molar-refractivity contribution in [2.45, 2.75) is 24.6 Å². The van der Waals surface area contributed by atoms with Crippen LogP contribution in [-0.4, -0.2) is 30.7 Å². The minimum atomic E-state index is -2.47. The molecule has 0 atom stereocenters. The third-order valence-corrected chi connectivity index (χ3v) is 5.16. The summed E-state index contributed by atoms with van der Waals surface area (Å²) < 4.78 is 30.0. The van der Waals surface area contributed by atoms with Crippen molar-refractivity contribution < 1.29 is 18.0 Å². The average molecular weight is 431 g/mol. The highest BCUT2D eigenvalue weighted by Crippen LogP contribution is 2.25. The van der Waals surface area contributed by atoms with Crippen LogP contribution >= 0.6 is 11.8 Å². The van der Waals surface area contributed by atoms with Crippen molar-refractivity contribution in [3.05, 3.63) is 83.3 Å². The number of nitrogens with zero attached hydrogens (tertiary/aromatic N) is 1. The predicted octanol–water partition coefficient (Wildman–Crippen LogP) is 5.39. The van der Waals surface area contributed by atoms with Gasteiger partial charge in [0.15, 0.2) is 5.76 Å². The third kappa shape index (κ3) is 6.18. The van der Waals surface area contributed by atoms with Crippen LogP contribution in [-0.2, 0) is 18.8 Å². The number of rotatable bonds is 9. The Morgan fingerprint density at radius 2 is 1.80 bits per heavy atom. The molecule has 0 saturated heterocycles.